The van der Waals surface area contributed by atoms with Gasteiger partial charge >= 0.3 is 0 Å². The van der Waals surface area contributed by atoms with Gasteiger partial charge in [0.25, 0.3) is 0 Å². The molecule has 0 saturated carbocycles. The van der Waals surface area contributed by atoms with E-state index in [1.165, 1.54) is 7.11 Å². The lowest BCUT2D eigenvalue weighted by Gasteiger charge is -2.08. The van der Waals surface area contributed by atoms with Gasteiger partial charge in [-0.2, -0.15) is 4.98 Å². The molecule has 19 heavy (non-hydrogen) atoms. The molecule has 0 spiro atoms. The fraction of sp³-hybridized carbons (Fsp3) is 0.154. The minimum Gasteiger partial charge on any atom is -0.479 e. The number of methoxy groups -OCH3 is 1. The summed E-state index contributed by atoms with van der Waals surface area (Å²) in [6.07, 6.45) is 0. The van der Waals surface area contributed by atoms with Crippen LogP contribution in [0, 0.1) is 0 Å². The molecule has 1 aromatic carbocycles. The summed E-state index contributed by atoms with van der Waals surface area (Å²) < 4.78 is 21.2. The molecule has 0 fully saturated rings. The summed E-state index contributed by atoms with van der Waals surface area (Å²) in [6, 6.07) is 8.65. The molecule has 0 radical (unpaired) electrons. The van der Waals surface area contributed by atoms with E-state index in [-0.39, 0.29) is 6.79 Å². The van der Waals surface area contributed by atoms with E-state index in [1.54, 1.807) is 30.3 Å². The molecule has 0 atom stereocenters. The van der Waals surface area contributed by atoms with Gasteiger partial charge in [-0.1, -0.05) is 0 Å². The molecule has 98 valence electrons. The maximum Gasteiger partial charge on any atom is 0.240 e. The Hall–Kier alpha value is -2.63. The van der Waals surface area contributed by atoms with E-state index in [4.69, 9.17) is 24.7 Å². The monoisotopic (exact) mass is 260 g/mol. The first-order chi connectivity index (χ1) is 9.26. The molecule has 3 rings (SSSR count). The van der Waals surface area contributed by atoms with Crippen LogP contribution < -0.4 is 24.7 Å². The molecule has 2 aromatic rings. The standard InChI is InChI=1S/C13H12N2O4/c1-16-13-9(14)3-5-12(15-13)19-8-2-4-10-11(6-8)18-7-17-10/h2-6H,7,14H2,1H3. The van der Waals surface area contributed by atoms with Crippen molar-refractivity contribution in [2.75, 3.05) is 19.6 Å². The minimum absolute atomic E-state index is 0.229. The summed E-state index contributed by atoms with van der Waals surface area (Å²) in [6.45, 7) is 0.229. The van der Waals surface area contributed by atoms with Crippen LogP contribution in [0.4, 0.5) is 5.69 Å². The number of benzene rings is 1. The van der Waals surface area contributed by atoms with Crippen molar-refractivity contribution in [2.24, 2.45) is 0 Å². The van der Waals surface area contributed by atoms with Gasteiger partial charge in [-0.15, -0.1) is 0 Å². The highest BCUT2D eigenvalue weighted by Gasteiger charge is 2.14. The maximum absolute atomic E-state index is 5.69. The van der Waals surface area contributed by atoms with Gasteiger partial charge in [-0.25, -0.2) is 0 Å². The molecule has 0 bridgehead atoms. The van der Waals surface area contributed by atoms with Gasteiger partial charge in [0.2, 0.25) is 18.6 Å². The first-order valence-electron chi connectivity index (χ1n) is 5.64. The van der Waals surface area contributed by atoms with Crippen molar-refractivity contribution < 1.29 is 18.9 Å². The second kappa shape index (κ2) is 4.56. The second-order valence-corrected chi connectivity index (χ2v) is 3.87. The number of pyridine rings is 1. The molecule has 0 amide bonds. The quantitative estimate of drug-likeness (QED) is 0.911. The van der Waals surface area contributed by atoms with Crippen molar-refractivity contribution in [1.29, 1.82) is 0 Å². The number of rotatable bonds is 3. The lowest BCUT2D eigenvalue weighted by atomic mass is 10.3. The van der Waals surface area contributed by atoms with E-state index >= 15 is 0 Å². The number of nitrogens with zero attached hydrogens (tertiary/aromatic N) is 1. The number of nitrogens with two attached hydrogens (primary N) is 1. The molecule has 1 aliphatic heterocycles. The second-order valence-electron chi connectivity index (χ2n) is 3.87. The van der Waals surface area contributed by atoms with Crippen molar-refractivity contribution in [3.05, 3.63) is 30.3 Å². The van der Waals surface area contributed by atoms with Crippen molar-refractivity contribution >= 4 is 5.69 Å². The number of anilines is 1. The number of nitrogen functional groups attached to an aromatic ring is 1. The molecule has 0 aliphatic carbocycles. The van der Waals surface area contributed by atoms with Crippen LogP contribution in [-0.2, 0) is 0 Å². The Morgan fingerprint density at radius 1 is 1.16 bits per heavy atom. The summed E-state index contributed by atoms with van der Waals surface area (Å²) in [5.74, 6) is 2.68. The third-order valence-electron chi connectivity index (χ3n) is 2.62. The first kappa shape index (κ1) is 11.5. The van der Waals surface area contributed by atoms with E-state index in [0.717, 1.165) is 0 Å². The lowest BCUT2D eigenvalue weighted by Crippen LogP contribution is -1.97. The smallest absolute Gasteiger partial charge is 0.240 e. The molecule has 0 unspecified atom stereocenters. The van der Waals surface area contributed by atoms with Crippen molar-refractivity contribution in [1.82, 2.24) is 4.98 Å². The van der Waals surface area contributed by atoms with Crippen molar-refractivity contribution in [3.8, 4) is 29.0 Å². The Bertz CT molecular complexity index is 607. The topological polar surface area (TPSA) is 75.8 Å². The Morgan fingerprint density at radius 2 is 2.00 bits per heavy atom. The average Bonchev–Trinajstić information content (AvgIpc) is 2.88. The van der Waals surface area contributed by atoms with Crippen LogP contribution in [0.15, 0.2) is 30.3 Å². The van der Waals surface area contributed by atoms with Crippen molar-refractivity contribution in [3.63, 3.8) is 0 Å². The van der Waals surface area contributed by atoms with Gasteiger partial charge in [-0.05, 0) is 18.2 Å². The van der Waals surface area contributed by atoms with E-state index in [0.29, 0.717) is 34.7 Å². The molecule has 2 heterocycles. The fourth-order valence-corrected chi connectivity index (χ4v) is 1.72. The van der Waals surface area contributed by atoms with E-state index in [9.17, 15) is 0 Å². The third kappa shape index (κ3) is 2.20. The zero-order chi connectivity index (χ0) is 13.2. The zero-order valence-corrected chi connectivity index (χ0v) is 10.3. The largest absolute Gasteiger partial charge is 0.479 e. The summed E-state index contributed by atoms with van der Waals surface area (Å²) >= 11 is 0. The predicted octanol–water partition coefficient (Wildman–Crippen LogP) is 2.19. The van der Waals surface area contributed by atoms with E-state index in [1.807, 2.05) is 0 Å². The number of hydrogen-bond acceptors (Lipinski definition) is 6. The molecule has 6 nitrogen and oxygen atoms in total. The number of hydrogen-bond donors (Lipinski definition) is 1. The molecule has 6 heteroatoms. The molecule has 1 aromatic heterocycles. The number of fused-ring (bicyclic) bond motifs is 1. The van der Waals surface area contributed by atoms with Gasteiger partial charge in [0.1, 0.15) is 5.75 Å². The molecule has 1 aliphatic rings. The summed E-state index contributed by atoms with van der Waals surface area (Å²) in [7, 11) is 1.50. The lowest BCUT2D eigenvalue weighted by molar-refractivity contribution is 0.174. The van der Waals surface area contributed by atoms with Crippen LogP contribution in [0.3, 0.4) is 0 Å². The zero-order valence-electron chi connectivity index (χ0n) is 10.3. The Labute approximate surface area is 109 Å². The summed E-state index contributed by atoms with van der Waals surface area (Å²) in [5.41, 5.74) is 6.15. The Morgan fingerprint density at radius 3 is 2.84 bits per heavy atom. The number of ether oxygens (including phenoxy) is 4. The highest BCUT2D eigenvalue weighted by atomic mass is 16.7. The maximum atomic E-state index is 5.69. The average molecular weight is 260 g/mol. The van der Waals surface area contributed by atoms with Gasteiger partial charge < -0.3 is 24.7 Å². The van der Waals surface area contributed by atoms with Crippen LogP contribution in [0.5, 0.6) is 29.0 Å². The normalized spacial score (nSPS) is 12.3. The summed E-state index contributed by atoms with van der Waals surface area (Å²) in [5, 5.41) is 0. The van der Waals surface area contributed by atoms with E-state index in [2.05, 4.69) is 4.98 Å². The highest BCUT2D eigenvalue weighted by molar-refractivity contribution is 5.51. The summed E-state index contributed by atoms with van der Waals surface area (Å²) in [4.78, 5) is 4.14. The molecular formula is C13H12N2O4. The van der Waals surface area contributed by atoms with Crippen LogP contribution in [0.2, 0.25) is 0 Å². The van der Waals surface area contributed by atoms with Gasteiger partial charge in [0, 0.05) is 12.1 Å². The van der Waals surface area contributed by atoms with E-state index < -0.39 is 0 Å². The first-order valence-corrected chi connectivity index (χ1v) is 5.64. The number of aromatic nitrogens is 1. The Balaban J connectivity index is 1.85. The molecular weight excluding hydrogens is 248 g/mol. The van der Waals surface area contributed by atoms with Crippen LogP contribution in [0.1, 0.15) is 0 Å². The third-order valence-corrected chi connectivity index (χ3v) is 2.62. The predicted molar refractivity (Wildman–Crippen MR) is 67.8 cm³/mol. The van der Waals surface area contributed by atoms with Crippen molar-refractivity contribution in [2.45, 2.75) is 0 Å². The molecule has 0 saturated heterocycles. The fourth-order valence-electron chi connectivity index (χ4n) is 1.72. The Kier molecular flexibility index (Phi) is 2.75. The van der Waals surface area contributed by atoms with Gasteiger partial charge in [0.15, 0.2) is 11.5 Å². The highest BCUT2D eigenvalue weighted by Crippen LogP contribution is 2.36. The van der Waals surface area contributed by atoms with Gasteiger partial charge in [0.05, 0.1) is 12.8 Å². The van der Waals surface area contributed by atoms with Crippen LogP contribution in [-0.4, -0.2) is 18.9 Å². The SMILES string of the molecule is COc1nc(Oc2ccc3c(c2)OCO3)ccc1N. The minimum atomic E-state index is 0.229. The van der Waals surface area contributed by atoms with Gasteiger partial charge in [-0.3, -0.25) is 0 Å². The van der Waals surface area contributed by atoms with Crippen LogP contribution in [0.25, 0.3) is 0 Å². The van der Waals surface area contributed by atoms with Crippen LogP contribution >= 0.6 is 0 Å². The molecule has 2 N–H and O–H groups in total.